The SMILES string of the molecule is CC(C)(C)OC=O.CCCCSc1ccccc1C1(O)CCNCC1. The lowest BCUT2D eigenvalue weighted by Gasteiger charge is -2.34. The number of nitrogens with one attached hydrogen (secondary N) is 1. The standard InChI is InChI=1S/C15H23NOS.C5H10O2/c1-2-3-12-18-14-7-5-4-6-13(14)15(17)8-10-16-11-9-15;1-5(2,3)7-4-6/h4-7,16-17H,2-3,8-12H2,1H3;4H,1-3H3. The Hall–Kier alpha value is -1.04. The van der Waals surface area contributed by atoms with Gasteiger partial charge < -0.3 is 15.2 Å². The lowest BCUT2D eigenvalue weighted by atomic mass is 9.85. The van der Waals surface area contributed by atoms with Crippen molar-refractivity contribution in [2.45, 2.75) is 69.5 Å². The largest absolute Gasteiger partial charge is 0.462 e. The Morgan fingerprint density at radius 2 is 1.92 bits per heavy atom. The van der Waals surface area contributed by atoms with Gasteiger partial charge in [-0.15, -0.1) is 11.8 Å². The first kappa shape index (κ1) is 22.0. The maximum Gasteiger partial charge on any atom is 0.293 e. The van der Waals surface area contributed by atoms with Gasteiger partial charge in [0.2, 0.25) is 0 Å². The van der Waals surface area contributed by atoms with Crippen molar-refractivity contribution in [3.05, 3.63) is 29.8 Å². The van der Waals surface area contributed by atoms with Crippen LogP contribution >= 0.6 is 11.8 Å². The zero-order valence-corrected chi connectivity index (χ0v) is 16.8. The molecular weight excluding hydrogens is 334 g/mol. The quantitative estimate of drug-likeness (QED) is 0.450. The van der Waals surface area contributed by atoms with E-state index in [1.54, 1.807) is 0 Å². The van der Waals surface area contributed by atoms with Crippen molar-refractivity contribution >= 4 is 18.2 Å². The van der Waals surface area contributed by atoms with E-state index in [9.17, 15) is 9.90 Å². The Labute approximate surface area is 156 Å². The number of piperidine rings is 1. The van der Waals surface area contributed by atoms with E-state index < -0.39 is 5.60 Å². The zero-order valence-electron chi connectivity index (χ0n) is 16.0. The number of thioether (sulfide) groups is 1. The summed E-state index contributed by atoms with van der Waals surface area (Å²) in [6.07, 6.45) is 4.10. The lowest BCUT2D eigenvalue weighted by Crippen LogP contribution is -2.40. The highest BCUT2D eigenvalue weighted by Crippen LogP contribution is 2.37. The topological polar surface area (TPSA) is 58.6 Å². The van der Waals surface area contributed by atoms with Gasteiger partial charge in [0, 0.05) is 4.90 Å². The van der Waals surface area contributed by atoms with Crippen molar-refractivity contribution in [1.29, 1.82) is 0 Å². The number of unbranched alkanes of at least 4 members (excludes halogenated alkanes) is 1. The summed E-state index contributed by atoms with van der Waals surface area (Å²) in [5, 5.41) is 14.1. The Morgan fingerprint density at radius 1 is 1.28 bits per heavy atom. The van der Waals surface area contributed by atoms with Gasteiger partial charge in [-0.05, 0) is 70.5 Å². The molecule has 2 N–H and O–H groups in total. The van der Waals surface area contributed by atoms with Crippen molar-refractivity contribution < 1.29 is 14.6 Å². The number of carbonyl (C=O) groups is 1. The molecule has 0 spiro atoms. The smallest absolute Gasteiger partial charge is 0.293 e. The van der Waals surface area contributed by atoms with Crippen molar-refractivity contribution in [3.63, 3.8) is 0 Å². The van der Waals surface area contributed by atoms with Crippen LogP contribution in [0.25, 0.3) is 0 Å². The van der Waals surface area contributed by atoms with Gasteiger partial charge in [-0.2, -0.15) is 0 Å². The van der Waals surface area contributed by atoms with Gasteiger partial charge >= 0.3 is 0 Å². The summed E-state index contributed by atoms with van der Waals surface area (Å²) >= 11 is 1.88. The number of hydrogen-bond acceptors (Lipinski definition) is 5. The summed E-state index contributed by atoms with van der Waals surface area (Å²) in [6, 6.07) is 8.36. The average Bonchev–Trinajstić information content (AvgIpc) is 2.56. The molecular formula is C20H33NO3S. The molecule has 25 heavy (non-hydrogen) atoms. The monoisotopic (exact) mass is 367 g/mol. The molecule has 1 saturated heterocycles. The normalized spacial score (nSPS) is 16.5. The molecule has 0 aliphatic carbocycles. The minimum atomic E-state index is -0.624. The molecule has 142 valence electrons. The highest BCUT2D eigenvalue weighted by Gasteiger charge is 2.32. The highest BCUT2D eigenvalue weighted by atomic mass is 32.2. The van der Waals surface area contributed by atoms with Crippen LogP contribution in [-0.4, -0.2) is 36.0 Å². The fourth-order valence-electron chi connectivity index (χ4n) is 2.56. The number of rotatable bonds is 6. The number of ether oxygens (including phenoxy) is 1. The van der Waals surface area contributed by atoms with E-state index in [2.05, 4.69) is 35.2 Å². The molecule has 0 unspecified atom stereocenters. The van der Waals surface area contributed by atoms with Crippen LogP contribution in [0, 0.1) is 0 Å². The number of aliphatic hydroxyl groups is 1. The van der Waals surface area contributed by atoms with Crippen molar-refractivity contribution in [2.24, 2.45) is 0 Å². The van der Waals surface area contributed by atoms with Gasteiger partial charge in [0.15, 0.2) is 0 Å². The molecule has 1 aliphatic rings. The van der Waals surface area contributed by atoms with Crippen molar-refractivity contribution in [2.75, 3.05) is 18.8 Å². The van der Waals surface area contributed by atoms with E-state index in [4.69, 9.17) is 0 Å². The van der Waals surface area contributed by atoms with Gasteiger partial charge in [-0.25, -0.2) is 0 Å². The average molecular weight is 368 g/mol. The molecule has 0 aromatic heterocycles. The molecule has 0 saturated carbocycles. The van der Waals surface area contributed by atoms with Crippen molar-refractivity contribution in [1.82, 2.24) is 5.32 Å². The summed E-state index contributed by atoms with van der Waals surface area (Å²) in [7, 11) is 0. The molecule has 5 heteroatoms. The van der Waals surface area contributed by atoms with E-state index in [0.29, 0.717) is 6.47 Å². The third kappa shape index (κ3) is 8.25. The molecule has 0 atom stereocenters. The van der Waals surface area contributed by atoms with Crippen LogP contribution in [-0.2, 0) is 15.1 Å². The third-order valence-corrected chi connectivity index (χ3v) is 5.14. The molecule has 1 aromatic rings. The first-order valence-electron chi connectivity index (χ1n) is 9.09. The summed E-state index contributed by atoms with van der Waals surface area (Å²) in [5.41, 5.74) is 0.190. The molecule has 1 aromatic carbocycles. The van der Waals surface area contributed by atoms with E-state index in [-0.39, 0.29) is 5.60 Å². The molecule has 1 fully saturated rings. The minimum absolute atomic E-state index is 0.318. The summed E-state index contributed by atoms with van der Waals surface area (Å²) in [6.45, 7) is 9.95. The van der Waals surface area contributed by atoms with Crippen LogP contribution in [0.15, 0.2) is 29.2 Å². The number of carbonyl (C=O) groups excluding carboxylic acids is 1. The second kappa shape index (κ2) is 10.8. The van der Waals surface area contributed by atoms with Crippen LogP contribution in [0.2, 0.25) is 0 Å². The molecule has 2 rings (SSSR count). The van der Waals surface area contributed by atoms with Crippen LogP contribution in [0.5, 0.6) is 0 Å². The fourth-order valence-corrected chi connectivity index (χ4v) is 3.80. The fraction of sp³-hybridized carbons (Fsp3) is 0.650. The highest BCUT2D eigenvalue weighted by molar-refractivity contribution is 7.99. The molecule has 1 aliphatic heterocycles. The van der Waals surface area contributed by atoms with Gasteiger partial charge in [0.05, 0.1) is 5.60 Å². The van der Waals surface area contributed by atoms with Crippen LogP contribution in [0.4, 0.5) is 0 Å². The second-order valence-electron chi connectivity index (χ2n) is 7.31. The van der Waals surface area contributed by atoms with Crippen LogP contribution in [0.1, 0.15) is 58.9 Å². The van der Waals surface area contributed by atoms with E-state index in [0.717, 1.165) is 37.2 Å². The van der Waals surface area contributed by atoms with Crippen LogP contribution < -0.4 is 5.32 Å². The molecule has 4 nitrogen and oxygen atoms in total. The maximum atomic E-state index is 10.8. The van der Waals surface area contributed by atoms with Gasteiger partial charge in [0.25, 0.3) is 6.47 Å². The summed E-state index contributed by atoms with van der Waals surface area (Å²) < 4.78 is 4.55. The first-order valence-corrected chi connectivity index (χ1v) is 10.1. The Bertz CT molecular complexity index is 508. The maximum absolute atomic E-state index is 10.8. The number of hydrogen-bond donors (Lipinski definition) is 2. The molecule has 0 radical (unpaired) electrons. The summed E-state index contributed by atoms with van der Waals surface area (Å²) in [4.78, 5) is 10.9. The van der Waals surface area contributed by atoms with E-state index in [1.165, 1.54) is 17.7 Å². The van der Waals surface area contributed by atoms with Gasteiger partial charge in [-0.1, -0.05) is 31.5 Å². The van der Waals surface area contributed by atoms with E-state index >= 15 is 0 Å². The second-order valence-corrected chi connectivity index (χ2v) is 8.44. The van der Waals surface area contributed by atoms with Gasteiger partial charge in [-0.3, -0.25) is 4.79 Å². The third-order valence-electron chi connectivity index (χ3n) is 3.98. The zero-order chi connectivity index (χ0) is 18.8. The Kier molecular flexibility index (Phi) is 9.54. The predicted molar refractivity (Wildman–Crippen MR) is 105 cm³/mol. The van der Waals surface area contributed by atoms with Crippen LogP contribution in [0.3, 0.4) is 0 Å². The Balaban J connectivity index is 0.000000381. The van der Waals surface area contributed by atoms with Gasteiger partial charge in [0.1, 0.15) is 5.60 Å². The number of benzene rings is 1. The van der Waals surface area contributed by atoms with E-state index in [1.807, 2.05) is 38.6 Å². The molecule has 0 amide bonds. The van der Waals surface area contributed by atoms with Crippen molar-refractivity contribution in [3.8, 4) is 0 Å². The molecule has 1 heterocycles. The Morgan fingerprint density at radius 3 is 2.44 bits per heavy atom. The predicted octanol–water partition coefficient (Wildman–Crippen LogP) is 4.11. The minimum Gasteiger partial charge on any atom is -0.462 e. The lowest BCUT2D eigenvalue weighted by molar-refractivity contribution is -0.138. The summed E-state index contributed by atoms with van der Waals surface area (Å²) in [5.74, 6) is 1.14. The first-order chi connectivity index (χ1) is 11.8. The molecule has 0 bridgehead atoms.